The van der Waals surface area contributed by atoms with Crippen molar-refractivity contribution in [2.24, 2.45) is 0 Å². The highest BCUT2D eigenvalue weighted by Crippen LogP contribution is 2.01. The van der Waals surface area contributed by atoms with Gasteiger partial charge in [0.15, 0.2) is 0 Å². The van der Waals surface area contributed by atoms with E-state index in [0.717, 1.165) is 11.4 Å². The Balaban J connectivity index is 2.69. The number of hydrogen-bond acceptors (Lipinski definition) is 1. The largest absolute Gasteiger partial charge is 0.316 e. The van der Waals surface area contributed by atoms with Crippen molar-refractivity contribution in [3.8, 4) is 0 Å². The summed E-state index contributed by atoms with van der Waals surface area (Å²) in [4.78, 5) is 1.12. The first kappa shape index (κ1) is 7.63. The van der Waals surface area contributed by atoms with Crippen molar-refractivity contribution in [2.75, 3.05) is 7.05 Å². The first-order chi connectivity index (χ1) is 4.83. The second-order valence-corrected chi connectivity index (χ2v) is 2.80. The van der Waals surface area contributed by atoms with E-state index < -0.39 is 0 Å². The van der Waals surface area contributed by atoms with Gasteiger partial charge in [-0.1, -0.05) is 12.1 Å². The van der Waals surface area contributed by atoms with Crippen molar-refractivity contribution < 1.29 is 0 Å². The first-order valence-corrected chi connectivity index (χ1v) is 3.78. The molecule has 0 aliphatic rings. The molecule has 1 aromatic carbocycles. The third kappa shape index (κ3) is 2.05. The Kier molecular flexibility index (Phi) is 2.78. The summed E-state index contributed by atoms with van der Waals surface area (Å²) in [5, 5.41) is 3.09. The van der Waals surface area contributed by atoms with E-state index in [4.69, 9.17) is 0 Å². The quantitative estimate of drug-likeness (QED) is 0.621. The van der Waals surface area contributed by atoms with E-state index in [1.54, 1.807) is 0 Å². The lowest BCUT2D eigenvalue weighted by atomic mass is 10.2. The molecular formula is C8H12NS+. The Morgan fingerprint density at radius 3 is 2.40 bits per heavy atom. The van der Waals surface area contributed by atoms with Gasteiger partial charge in [-0.3, -0.25) is 0 Å². The fourth-order valence-electron chi connectivity index (χ4n) is 0.827. The minimum absolute atomic E-state index is 0.937. The highest BCUT2D eigenvalue weighted by molar-refractivity contribution is 7.58. The zero-order chi connectivity index (χ0) is 7.40. The van der Waals surface area contributed by atoms with Gasteiger partial charge in [0.25, 0.3) is 0 Å². The molecule has 10 heavy (non-hydrogen) atoms. The predicted molar refractivity (Wildman–Crippen MR) is 47.6 cm³/mol. The molecule has 1 aromatic rings. The van der Waals surface area contributed by atoms with Crippen molar-refractivity contribution in [1.82, 2.24) is 5.32 Å². The monoisotopic (exact) mass is 154 g/mol. The van der Waals surface area contributed by atoms with Gasteiger partial charge in [-0.15, -0.1) is 0 Å². The van der Waals surface area contributed by atoms with Crippen LogP contribution in [0.25, 0.3) is 0 Å². The summed E-state index contributed by atoms with van der Waals surface area (Å²) in [6.07, 6.45) is 0. The topological polar surface area (TPSA) is 12.0 Å². The van der Waals surface area contributed by atoms with E-state index in [1.807, 2.05) is 19.2 Å². The molecule has 0 aliphatic heterocycles. The molecule has 0 aliphatic carbocycles. The van der Waals surface area contributed by atoms with Crippen LogP contribution in [0.1, 0.15) is 5.56 Å². The lowest BCUT2D eigenvalue weighted by Crippen LogP contribution is -2.04. The summed E-state index contributed by atoms with van der Waals surface area (Å²) in [7, 11) is 1.95. The van der Waals surface area contributed by atoms with Gasteiger partial charge in [0, 0.05) is 6.54 Å². The number of hydrogen-bond donors (Lipinski definition) is 1. The molecule has 0 heterocycles. The van der Waals surface area contributed by atoms with E-state index in [-0.39, 0.29) is 0 Å². The molecule has 0 radical (unpaired) electrons. The van der Waals surface area contributed by atoms with Crippen LogP contribution >= 0.6 is 0 Å². The Morgan fingerprint density at radius 1 is 1.30 bits per heavy atom. The maximum absolute atomic E-state index is 3.42. The molecule has 0 atom stereocenters. The summed E-state index contributed by atoms with van der Waals surface area (Å²) >= 11 is 3.42. The molecule has 0 saturated heterocycles. The standard InChI is InChI=1S/C8H11NS/c1-9-6-7-2-4-8(10)5-3-7/h2-5,9-10H,6H2,1H3/p+1. The minimum atomic E-state index is 0.937. The van der Waals surface area contributed by atoms with Gasteiger partial charge < -0.3 is 5.32 Å². The smallest absolute Gasteiger partial charge is 0.150 e. The van der Waals surface area contributed by atoms with E-state index >= 15 is 0 Å². The molecule has 2 heteroatoms. The van der Waals surface area contributed by atoms with Gasteiger partial charge >= 0.3 is 0 Å². The maximum Gasteiger partial charge on any atom is 0.150 e. The molecule has 0 fully saturated rings. The van der Waals surface area contributed by atoms with Crippen LogP contribution in [0.5, 0.6) is 0 Å². The summed E-state index contributed by atoms with van der Waals surface area (Å²) in [5.74, 6) is 0. The fourth-order valence-corrected chi connectivity index (χ4v) is 0.993. The fraction of sp³-hybridized carbons (Fsp3) is 0.250. The Hall–Kier alpha value is -0.470. The third-order valence-electron chi connectivity index (χ3n) is 1.33. The summed E-state index contributed by atoms with van der Waals surface area (Å²) in [6.45, 7) is 0.937. The Morgan fingerprint density at radius 2 is 1.90 bits per heavy atom. The Bertz CT molecular complexity index is 193. The summed E-state index contributed by atoms with van der Waals surface area (Å²) < 4.78 is 0. The van der Waals surface area contributed by atoms with Crippen LogP contribution in [0, 0.1) is 0 Å². The molecule has 1 rings (SSSR count). The van der Waals surface area contributed by atoms with Gasteiger partial charge in [0.2, 0.25) is 0 Å². The Labute approximate surface area is 66.9 Å². The van der Waals surface area contributed by atoms with E-state index in [0.29, 0.717) is 0 Å². The third-order valence-corrected chi connectivity index (χ3v) is 1.67. The number of rotatable bonds is 2. The second kappa shape index (κ2) is 3.64. The van der Waals surface area contributed by atoms with Crippen LogP contribution in [0.4, 0.5) is 0 Å². The van der Waals surface area contributed by atoms with Crippen molar-refractivity contribution in [2.45, 2.75) is 11.4 Å². The van der Waals surface area contributed by atoms with Gasteiger partial charge in [0.1, 0.15) is 4.90 Å². The van der Waals surface area contributed by atoms with Gasteiger partial charge in [0.05, 0.1) is 0 Å². The molecule has 1 N–H and O–H groups in total. The van der Waals surface area contributed by atoms with Gasteiger partial charge in [-0.25, -0.2) is 0 Å². The van der Waals surface area contributed by atoms with Crippen molar-refractivity contribution in [1.29, 1.82) is 0 Å². The van der Waals surface area contributed by atoms with Crippen LogP contribution in [0.15, 0.2) is 29.2 Å². The molecule has 1 nitrogen and oxygen atoms in total. The van der Waals surface area contributed by atoms with E-state index in [1.165, 1.54) is 5.56 Å². The van der Waals surface area contributed by atoms with Crippen LogP contribution in [-0.2, 0) is 19.2 Å². The average Bonchev–Trinajstić information content (AvgIpc) is 1.95. The number of benzene rings is 1. The van der Waals surface area contributed by atoms with Crippen molar-refractivity contribution in [3.05, 3.63) is 29.8 Å². The van der Waals surface area contributed by atoms with E-state index in [9.17, 15) is 0 Å². The van der Waals surface area contributed by atoms with E-state index in [2.05, 4.69) is 30.1 Å². The molecule has 54 valence electrons. The second-order valence-electron chi connectivity index (χ2n) is 2.23. The zero-order valence-corrected chi connectivity index (χ0v) is 7.02. The molecular weight excluding hydrogens is 142 g/mol. The molecule has 0 saturated carbocycles. The normalized spacial score (nSPS) is 9.80. The summed E-state index contributed by atoms with van der Waals surface area (Å²) in [6, 6.07) is 8.28. The van der Waals surface area contributed by atoms with Crippen molar-refractivity contribution in [3.63, 3.8) is 0 Å². The lowest BCUT2D eigenvalue weighted by molar-refractivity contribution is 0.817. The predicted octanol–water partition coefficient (Wildman–Crippen LogP) is 0.776. The molecule has 0 unspecified atom stereocenters. The lowest BCUT2D eigenvalue weighted by Gasteiger charge is -1.96. The first-order valence-electron chi connectivity index (χ1n) is 3.28. The molecule has 0 spiro atoms. The molecule has 0 aromatic heterocycles. The van der Waals surface area contributed by atoms with Crippen LogP contribution in [0.2, 0.25) is 0 Å². The van der Waals surface area contributed by atoms with Crippen LogP contribution in [-0.4, -0.2) is 7.05 Å². The SMILES string of the molecule is CNCc1ccc([SH2+])cc1. The van der Waals surface area contributed by atoms with Crippen molar-refractivity contribution >= 4 is 12.6 Å². The van der Waals surface area contributed by atoms with Gasteiger partial charge in [-0.2, -0.15) is 0 Å². The minimum Gasteiger partial charge on any atom is -0.316 e. The van der Waals surface area contributed by atoms with Gasteiger partial charge in [-0.05, 0) is 37.4 Å². The highest BCUT2D eigenvalue weighted by atomic mass is 32.1. The molecule has 0 amide bonds. The van der Waals surface area contributed by atoms with Crippen LogP contribution < -0.4 is 5.32 Å². The maximum atomic E-state index is 3.42. The summed E-state index contributed by atoms with van der Waals surface area (Å²) in [5.41, 5.74) is 1.31. The highest BCUT2D eigenvalue weighted by Gasteiger charge is 1.91. The average molecular weight is 154 g/mol. The zero-order valence-electron chi connectivity index (χ0n) is 6.02. The number of nitrogens with one attached hydrogen (secondary N) is 1. The van der Waals surface area contributed by atoms with Crippen LogP contribution in [0.3, 0.4) is 0 Å². The molecule has 0 bridgehead atoms.